The van der Waals surface area contributed by atoms with Gasteiger partial charge in [0.15, 0.2) is 0 Å². The van der Waals surface area contributed by atoms with Gasteiger partial charge in [-0.2, -0.15) is 0 Å². The molecule has 2 aromatic rings. The maximum absolute atomic E-state index is 14.1. The summed E-state index contributed by atoms with van der Waals surface area (Å²) in [6, 6.07) is 8.70. The maximum atomic E-state index is 14.1. The number of hydrogen-bond acceptors (Lipinski definition) is 2. The van der Waals surface area contributed by atoms with Gasteiger partial charge < -0.3 is 0 Å². The largest absolute Gasteiger partial charge is 0.271 e. The van der Waals surface area contributed by atoms with Crippen molar-refractivity contribution >= 4 is 15.9 Å². The summed E-state index contributed by atoms with van der Waals surface area (Å²) in [5.74, 6) is 4.73. The van der Waals surface area contributed by atoms with E-state index in [1.165, 1.54) is 12.1 Å². The van der Waals surface area contributed by atoms with Crippen LogP contribution in [-0.2, 0) is 0 Å². The van der Waals surface area contributed by atoms with Crippen LogP contribution in [0.4, 0.5) is 8.78 Å². The van der Waals surface area contributed by atoms with Gasteiger partial charge in [-0.25, -0.2) is 14.2 Å². The van der Waals surface area contributed by atoms with Gasteiger partial charge in [-0.15, -0.1) is 0 Å². The van der Waals surface area contributed by atoms with Crippen molar-refractivity contribution in [2.24, 2.45) is 5.84 Å². The minimum absolute atomic E-state index is 0.347. The molecule has 3 N–H and O–H groups in total. The van der Waals surface area contributed by atoms with Crippen LogP contribution < -0.4 is 11.3 Å². The summed E-state index contributed by atoms with van der Waals surface area (Å²) < 4.78 is 27.8. The molecule has 0 fully saturated rings. The van der Waals surface area contributed by atoms with E-state index in [1.54, 1.807) is 24.3 Å². The number of rotatable bonds is 3. The monoisotopic (exact) mass is 326 g/mol. The van der Waals surface area contributed by atoms with E-state index < -0.39 is 11.9 Å². The fraction of sp³-hybridized carbons (Fsp3) is 0.143. The molecule has 0 aliphatic carbocycles. The normalized spacial score (nSPS) is 12.5. The second-order valence-corrected chi connectivity index (χ2v) is 5.10. The highest BCUT2D eigenvalue weighted by Gasteiger charge is 2.20. The standard InChI is InChI=1S/C14H13BrF2N2/c1-8-5-6-9(16)7-11(8)14(19-18)10-3-2-4-12(15)13(10)17/h2-7,14,19H,18H2,1H3. The minimum Gasteiger partial charge on any atom is -0.271 e. The molecule has 1 atom stereocenters. The van der Waals surface area contributed by atoms with E-state index in [4.69, 9.17) is 5.84 Å². The first-order valence-corrected chi connectivity index (χ1v) is 6.50. The van der Waals surface area contributed by atoms with Crippen molar-refractivity contribution < 1.29 is 8.78 Å². The molecule has 0 heterocycles. The van der Waals surface area contributed by atoms with Gasteiger partial charge in [0.2, 0.25) is 0 Å². The number of benzene rings is 2. The number of nitrogens with one attached hydrogen (secondary N) is 1. The van der Waals surface area contributed by atoms with Gasteiger partial charge in [-0.3, -0.25) is 5.84 Å². The van der Waals surface area contributed by atoms with Crippen LogP contribution in [0.3, 0.4) is 0 Å². The summed E-state index contributed by atoms with van der Waals surface area (Å²) in [7, 11) is 0. The Bertz CT molecular complexity index is 600. The third kappa shape index (κ3) is 2.83. The van der Waals surface area contributed by atoms with Gasteiger partial charge in [0.05, 0.1) is 10.5 Å². The molecule has 0 radical (unpaired) electrons. The van der Waals surface area contributed by atoms with Crippen molar-refractivity contribution in [3.8, 4) is 0 Å². The summed E-state index contributed by atoms with van der Waals surface area (Å²) in [5.41, 5.74) is 4.36. The van der Waals surface area contributed by atoms with Gasteiger partial charge in [0.1, 0.15) is 11.6 Å². The lowest BCUT2D eigenvalue weighted by molar-refractivity contribution is 0.550. The van der Waals surface area contributed by atoms with Gasteiger partial charge >= 0.3 is 0 Å². The first-order chi connectivity index (χ1) is 9.04. The summed E-state index contributed by atoms with van der Waals surface area (Å²) >= 11 is 3.13. The number of hydrogen-bond donors (Lipinski definition) is 2. The highest BCUT2D eigenvalue weighted by molar-refractivity contribution is 9.10. The van der Waals surface area contributed by atoms with E-state index in [1.807, 2.05) is 6.92 Å². The van der Waals surface area contributed by atoms with E-state index in [0.29, 0.717) is 15.6 Å². The molecule has 0 spiro atoms. The van der Waals surface area contributed by atoms with Crippen molar-refractivity contribution in [2.45, 2.75) is 13.0 Å². The molecular weight excluding hydrogens is 314 g/mol. The van der Waals surface area contributed by atoms with Crippen molar-refractivity contribution in [2.75, 3.05) is 0 Å². The van der Waals surface area contributed by atoms with Crippen LogP contribution in [-0.4, -0.2) is 0 Å². The summed E-state index contributed by atoms with van der Waals surface area (Å²) in [6.07, 6.45) is 0. The average molecular weight is 327 g/mol. The van der Waals surface area contributed by atoms with Crippen molar-refractivity contribution in [1.82, 2.24) is 5.43 Å². The molecule has 0 bridgehead atoms. The van der Waals surface area contributed by atoms with Crippen LogP contribution in [0.1, 0.15) is 22.7 Å². The zero-order valence-corrected chi connectivity index (χ0v) is 11.8. The average Bonchev–Trinajstić information content (AvgIpc) is 2.39. The van der Waals surface area contributed by atoms with Crippen LogP contribution >= 0.6 is 15.9 Å². The number of nitrogens with two attached hydrogens (primary N) is 1. The second-order valence-electron chi connectivity index (χ2n) is 4.24. The molecule has 0 saturated carbocycles. The van der Waals surface area contributed by atoms with Crippen LogP contribution in [0.2, 0.25) is 0 Å². The smallest absolute Gasteiger partial charge is 0.142 e. The third-order valence-corrected chi connectivity index (χ3v) is 3.62. The maximum Gasteiger partial charge on any atom is 0.142 e. The van der Waals surface area contributed by atoms with Gasteiger partial charge in [0, 0.05) is 5.56 Å². The quantitative estimate of drug-likeness (QED) is 0.668. The first-order valence-electron chi connectivity index (χ1n) is 5.70. The predicted octanol–water partition coefficient (Wildman–Crippen LogP) is 3.59. The van der Waals surface area contributed by atoms with Crippen molar-refractivity contribution in [3.63, 3.8) is 0 Å². The molecule has 2 rings (SSSR count). The van der Waals surface area contributed by atoms with E-state index >= 15 is 0 Å². The molecule has 19 heavy (non-hydrogen) atoms. The van der Waals surface area contributed by atoms with Crippen LogP contribution in [0, 0.1) is 18.6 Å². The van der Waals surface area contributed by atoms with Gasteiger partial charge in [0.25, 0.3) is 0 Å². The Labute approximate surface area is 118 Å². The SMILES string of the molecule is Cc1ccc(F)cc1C(NN)c1cccc(Br)c1F. The fourth-order valence-electron chi connectivity index (χ4n) is 2.01. The fourth-order valence-corrected chi connectivity index (χ4v) is 2.39. The summed E-state index contributed by atoms with van der Waals surface area (Å²) in [6.45, 7) is 1.83. The highest BCUT2D eigenvalue weighted by Crippen LogP contribution is 2.29. The molecule has 5 heteroatoms. The van der Waals surface area contributed by atoms with E-state index in [-0.39, 0.29) is 5.82 Å². The van der Waals surface area contributed by atoms with E-state index in [2.05, 4.69) is 21.4 Å². The molecule has 2 nitrogen and oxygen atoms in total. The van der Waals surface area contributed by atoms with E-state index in [9.17, 15) is 8.78 Å². The number of hydrazine groups is 1. The van der Waals surface area contributed by atoms with Crippen molar-refractivity contribution in [3.05, 3.63) is 69.2 Å². The molecule has 0 amide bonds. The van der Waals surface area contributed by atoms with Gasteiger partial charge in [-0.05, 0) is 52.2 Å². The lowest BCUT2D eigenvalue weighted by atomic mass is 9.95. The Morgan fingerprint density at radius 3 is 2.58 bits per heavy atom. The summed E-state index contributed by atoms with van der Waals surface area (Å²) in [5, 5.41) is 0. The van der Waals surface area contributed by atoms with Crippen LogP contribution in [0.15, 0.2) is 40.9 Å². The topological polar surface area (TPSA) is 38.0 Å². The second kappa shape index (κ2) is 5.77. The lowest BCUT2D eigenvalue weighted by Gasteiger charge is -2.20. The Hall–Kier alpha value is -1.30. The Kier molecular flexibility index (Phi) is 4.29. The molecule has 0 aliphatic rings. The molecule has 0 aromatic heterocycles. The molecule has 0 saturated heterocycles. The Morgan fingerprint density at radius 2 is 1.89 bits per heavy atom. The molecule has 2 aromatic carbocycles. The number of aryl methyl sites for hydroxylation is 1. The first kappa shape index (κ1) is 14.1. The predicted molar refractivity (Wildman–Crippen MR) is 74.4 cm³/mol. The molecule has 100 valence electrons. The zero-order valence-electron chi connectivity index (χ0n) is 10.3. The molecule has 1 unspecified atom stereocenters. The Balaban J connectivity index is 2.56. The third-order valence-electron chi connectivity index (χ3n) is 3.01. The molecular formula is C14H13BrF2N2. The number of halogens is 3. The lowest BCUT2D eigenvalue weighted by Crippen LogP contribution is -2.30. The van der Waals surface area contributed by atoms with Crippen LogP contribution in [0.5, 0.6) is 0 Å². The zero-order chi connectivity index (χ0) is 14.0. The van der Waals surface area contributed by atoms with Crippen molar-refractivity contribution in [1.29, 1.82) is 0 Å². The molecule has 0 aliphatic heterocycles. The Morgan fingerprint density at radius 1 is 1.16 bits per heavy atom. The highest BCUT2D eigenvalue weighted by atomic mass is 79.9. The van der Waals surface area contributed by atoms with Crippen LogP contribution in [0.25, 0.3) is 0 Å². The van der Waals surface area contributed by atoms with Gasteiger partial charge in [-0.1, -0.05) is 18.2 Å². The summed E-state index contributed by atoms with van der Waals surface area (Å²) in [4.78, 5) is 0. The van der Waals surface area contributed by atoms with E-state index in [0.717, 1.165) is 5.56 Å². The minimum atomic E-state index is -0.604.